The highest BCUT2D eigenvalue weighted by molar-refractivity contribution is 7.90. The van der Waals surface area contributed by atoms with Crippen LogP contribution in [0.25, 0.3) is 0 Å². The van der Waals surface area contributed by atoms with E-state index in [1.807, 2.05) is 0 Å². The number of rotatable bonds is 6. The van der Waals surface area contributed by atoms with Crippen LogP contribution in [0.2, 0.25) is 0 Å². The van der Waals surface area contributed by atoms with Crippen molar-refractivity contribution in [2.75, 3.05) is 19.1 Å². The van der Waals surface area contributed by atoms with Crippen molar-refractivity contribution < 1.29 is 13.2 Å². The second kappa shape index (κ2) is 6.32. The predicted octanol–water partition coefficient (Wildman–Crippen LogP) is 0.848. The normalized spacial score (nSPS) is 31.2. The Morgan fingerprint density at radius 2 is 2.00 bits per heavy atom. The van der Waals surface area contributed by atoms with Gasteiger partial charge in [0, 0.05) is 13.4 Å². The van der Waals surface area contributed by atoms with Crippen molar-refractivity contribution in [3.05, 3.63) is 0 Å². The van der Waals surface area contributed by atoms with Crippen LogP contribution in [-0.2, 0) is 14.6 Å². The highest BCUT2D eigenvalue weighted by Crippen LogP contribution is 2.37. The zero-order chi connectivity index (χ0) is 13.8. The number of ether oxygens (including phenoxy) is 1. The summed E-state index contributed by atoms with van der Waals surface area (Å²) in [5, 5.41) is 0. The summed E-state index contributed by atoms with van der Waals surface area (Å²) in [4.78, 5) is 0. The molecule has 0 aromatic heterocycles. The highest BCUT2D eigenvalue weighted by atomic mass is 32.2. The fourth-order valence-corrected chi connectivity index (χ4v) is 3.44. The van der Waals surface area contributed by atoms with Crippen LogP contribution < -0.4 is 11.3 Å². The van der Waals surface area contributed by atoms with E-state index in [1.165, 1.54) is 6.26 Å². The molecule has 0 aromatic carbocycles. The molecule has 3 N–H and O–H groups in total. The maximum atomic E-state index is 11.3. The summed E-state index contributed by atoms with van der Waals surface area (Å²) in [6.07, 6.45) is 5.82. The number of hydrogen-bond donors (Lipinski definition) is 2. The molecule has 0 amide bonds. The molecule has 108 valence electrons. The Bertz CT molecular complexity index is 348. The molecule has 1 unspecified atom stereocenters. The van der Waals surface area contributed by atoms with Crippen molar-refractivity contribution in [1.82, 2.24) is 5.43 Å². The molecule has 1 atom stereocenters. The fourth-order valence-electron chi connectivity index (χ4n) is 2.78. The van der Waals surface area contributed by atoms with Gasteiger partial charge in [-0.3, -0.25) is 11.3 Å². The Labute approximate surface area is 110 Å². The van der Waals surface area contributed by atoms with Crippen LogP contribution in [-0.4, -0.2) is 39.2 Å². The van der Waals surface area contributed by atoms with Gasteiger partial charge in [-0.25, -0.2) is 8.42 Å². The lowest BCUT2D eigenvalue weighted by Crippen LogP contribution is -2.56. The lowest BCUT2D eigenvalue weighted by atomic mass is 9.75. The van der Waals surface area contributed by atoms with Crippen LogP contribution in [0, 0.1) is 5.92 Å². The summed E-state index contributed by atoms with van der Waals surface area (Å²) in [5.74, 6) is 6.45. The molecule has 0 saturated heterocycles. The van der Waals surface area contributed by atoms with Gasteiger partial charge in [0.2, 0.25) is 0 Å². The van der Waals surface area contributed by atoms with E-state index in [0.29, 0.717) is 12.3 Å². The van der Waals surface area contributed by atoms with Crippen molar-refractivity contribution in [1.29, 1.82) is 0 Å². The van der Waals surface area contributed by atoms with Crippen LogP contribution in [0.4, 0.5) is 0 Å². The lowest BCUT2D eigenvalue weighted by Gasteiger charge is -2.43. The van der Waals surface area contributed by atoms with E-state index in [2.05, 4.69) is 12.3 Å². The molecule has 5 nitrogen and oxygen atoms in total. The molecular weight excluding hydrogens is 252 g/mol. The van der Waals surface area contributed by atoms with Crippen molar-refractivity contribution in [3.63, 3.8) is 0 Å². The number of hydrazine groups is 1. The van der Waals surface area contributed by atoms with Crippen molar-refractivity contribution in [2.45, 2.75) is 50.7 Å². The van der Waals surface area contributed by atoms with Crippen molar-refractivity contribution in [3.8, 4) is 0 Å². The van der Waals surface area contributed by atoms with Gasteiger partial charge in [0.05, 0.1) is 17.4 Å². The van der Waals surface area contributed by atoms with E-state index in [1.54, 1.807) is 7.11 Å². The standard InChI is InChI=1S/C12H26N2O3S/c1-10-4-7-12(17-2,8-5-10)11(14-13)6-9-18(3,15)16/h10-11,14H,4-9,13H2,1-3H3. The molecule has 1 aliphatic carbocycles. The zero-order valence-corrected chi connectivity index (χ0v) is 12.4. The Balaban J connectivity index is 2.71. The SMILES string of the molecule is COC1(C(CCS(C)(=O)=O)NN)CCC(C)CC1. The third-order valence-electron chi connectivity index (χ3n) is 4.14. The molecule has 0 heterocycles. The van der Waals surface area contributed by atoms with Gasteiger partial charge in [0.15, 0.2) is 0 Å². The molecule has 1 rings (SSSR count). The van der Waals surface area contributed by atoms with E-state index in [4.69, 9.17) is 10.6 Å². The summed E-state index contributed by atoms with van der Waals surface area (Å²) < 4.78 is 28.2. The van der Waals surface area contributed by atoms with Crippen LogP contribution in [0.15, 0.2) is 0 Å². The predicted molar refractivity (Wildman–Crippen MR) is 72.8 cm³/mol. The zero-order valence-electron chi connectivity index (χ0n) is 11.6. The van der Waals surface area contributed by atoms with Gasteiger partial charge < -0.3 is 4.74 Å². The van der Waals surface area contributed by atoms with Crippen molar-refractivity contribution >= 4 is 9.84 Å². The fraction of sp³-hybridized carbons (Fsp3) is 1.00. The molecule has 0 bridgehead atoms. The first kappa shape index (κ1) is 15.9. The number of nitrogens with two attached hydrogens (primary N) is 1. The van der Waals surface area contributed by atoms with Gasteiger partial charge in [0.1, 0.15) is 9.84 Å². The minimum atomic E-state index is -2.96. The minimum Gasteiger partial charge on any atom is -0.377 e. The Hall–Kier alpha value is -0.170. The third-order valence-corrected chi connectivity index (χ3v) is 5.12. The molecular formula is C12H26N2O3S. The first-order valence-electron chi connectivity index (χ1n) is 6.52. The average Bonchev–Trinajstić information content (AvgIpc) is 2.31. The molecule has 0 aromatic rings. The maximum Gasteiger partial charge on any atom is 0.147 e. The molecule has 18 heavy (non-hydrogen) atoms. The van der Waals surface area contributed by atoms with E-state index in [9.17, 15) is 8.42 Å². The topological polar surface area (TPSA) is 81.4 Å². The monoisotopic (exact) mass is 278 g/mol. The Morgan fingerprint density at radius 3 is 2.39 bits per heavy atom. The highest BCUT2D eigenvalue weighted by Gasteiger charge is 2.41. The first-order valence-corrected chi connectivity index (χ1v) is 8.58. The van der Waals surface area contributed by atoms with Gasteiger partial charge in [-0.15, -0.1) is 0 Å². The summed E-state index contributed by atoms with van der Waals surface area (Å²) >= 11 is 0. The third kappa shape index (κ3) is 4.19. The summed E-state index contributed by atoms with van der Waals surface area (Å²) in [5.41, 5.74) is 2.45. The Kier molecular flexibility index (Phi) is 5.58. The molecule has 0 radical (unpaired) electrons. The average molecular weight is 278 g/mol. The molecule has 1 fully saturated rings. The second-order valence-corrected chi connectivity index (χ2v) is 7.85. The number of sulfone groups is 1. The summed E-state index contributed by atoms with van der Waals surface area (Å²) in [7, 11) is -1.27. The van der Waals surface area contributed by atoms with E-state index < -0.39 is 9.84 Å². The van der Waals surface area contributed by atoms with Crippen LogP contribution in [0.5, 0.6) is 0 Å². The van der Waals surface area contributed by atoms with Crippen LogP contribution in [0.3, 0.4) is 0 Å². The molecule has 0 aliphatic heterocycles. The van der Waals surface area contributed by atoms with E-state index >= 15 is 0 Å². The maximum absolute atomic E-state index is 11.3. The van der Waals surface area contributed by atoms with Gasteiger partial charge in [-0.1, -0.05) is 6.92 Å². The molecule has 1 aliphatic rings. The number of methoxy groups -OCH3 is 1. The molecule has 0 spiro atoms. The summed E-state index contributed by atoms with van der Waals surface area (Å²) in [6, 6.07) is -0.107. The Morgan fingerprint density at radius 1 is 1.44 bits per heavy atom. The number of hydrogen-bond acceptors (Lipinski definition) is 5. The van der Waals surface area contributed by atoms with Crippen molar-refractivity contribution in [2.24, 2.45) is 11.8 Å². The van der Waals surface area contributed by atoms with Gasteiger partial charge in [0.25, 0.3) is 0 Å². The van der Waals surface area contributed by atoms with E-state index in [-0.39, 0.29) is 17.4 Å². The minimum absolute atomic E-state index is 0.107. The largest absolute Gasteiger partial charge is 0.377 e. The smallest absolute Gasteiger partial charge is 0.147 e. The van der Waals surface area contributed by atoms with Crippen LogP contribution in [0.1, 0.15) is 39.0 Å². The lowest BCUT2D eigenvalue weighted by molar-refractivity contribution is -0.0753. The quantitative estimate of drug-likeness (QED) is 0.556. The van der Waals surface area contributed by atoms with Gasteiger partial charge in [-0.2, -0.15) is 0 Å². The summed E-state index contributed by atoms with van der Waals surface area (Å²) in [6.45, 7) is 2.24. The second-order valence-electron chi connectivity index (χ2n) is 5.59. The number of nitrogens with one attached hydrogen (secondary N) is 1. The molecule has 6 heteroatoms. The van der Waals surface area contributed by atoms with Gasteiger partial charge in [-0.05, 0) is 38.0 Å². The van der Waals surface area contributed by atoms with Gasteiger partial charge >= 0.3 is 0 Å². The van der Waals surface area contributed by atoms with E-state index in [0.717, 1.165) is 25.7 Å². The van der Waals surface area contributed by atoms with Crippen LogP contribution >= 0.6 is 0 Å². The molecule has 1 saturated carbocycles. The first-order chi connectivity index (χ1) is 8.33.